The highest BCUT2D eigenvalue weighted by Gasteiger charge is 2.44. The van der Waals surface area contributed by atoms with Crippen LogP contribution in [-0.2, 0) is 5.41 Å². The normalized spacial score (nSPS) is 22.2. The summed E-state index contributed by atoms with van der Waals surface area (Å²) in [5.74, 6) is 1.34. The summed E-state index contributed by atoms with van der Waals surface area (Å²) in [5.41, 5.74) is 0.150. The number of hydrogen-bond acceptors (Lipinski definition) is 3. The summed E-state index contributed by atoms with van der Waals surface area (Å²) in [6, 6.07) is 0. The topological polar surface area (TPSA) is 38.9 Å². The van der Waals surface area contributed by atoms with Crippen molar-refractivity contribution in [1.82, 2.24) is 10.1 Å². The Morgan fingerprint density at radius 3 is 2.67 bits per heavy atom. The van der Waals surface area contributed by atoms with E-state index in [1.165, 1.54) is 0 Å². The zero-order chi connectivity index (χ0) is 8.77. The molecule has 3 nitrogen and oxygen atoms in total. The second-order valence-corrected chi connectivity index (χ2v) is 4.29. The van der Waals surface area contributed by atoms with Gasteiger partial charge in [0.15, 0.2) is 5.82 Å². The van der Waals surface area contributed by atoms with E-state index in [1.807, 2.05) is 6.92 Å². The first-order valence-corrected chi connectivity index (χ1v) is 4.54. The van der Waals surface area contributed by atoms with Crippen molar-refractivity contribution in [1.29, 1.82) is 0 Å². The van der Waals surface area contributed by atoms with Gasteiger partial charge in [-0.05, 0) is 19.8 Å². The van der Waals surface area contributed by atoms with Crippen molar-refractivity contribution in [3.63, 3.8) is 0 Å². The molecule has 4 heteroatoms. The van der Waals surface area contributed by atoms with Gasteiger partial charge < -0.3 is 4.52 Å². The van der Waals surface area contributed by atoms with Crippen molar-refractivity contribution in [2.24, 2.45) is 0 Å². The van der Waals surface area contributed by atoms with E-state index in [-0.39, 0.29) is 10.8 Å². The molecule has 0 N–H and O–H groups in total. The molecule has 0 radical (unpaired) electrons. The van der Waals surface area contributed by atoms with Crippen LogP contribution in [0.5, 0.6) is 0 Å². The van der Waals surface area contributed by atoms with Gasteiger partial charge >= 0.3 is 0 Å². The van der Waals surface area contributed by atoms with Gasteiger partial charge in [0.2, 0.25) is 5.89 Å². The zero-order valence-corrected chi connectivity index (χ0v) is 7.93. The minimum Gasteiger partial charge on any atom is -0.339 e. The number of nitrogens with zero attached hydrogens (tertiary/aromatic N) is 2. The van der Waals surface area contributed by atoms with Crippen LogP contribution in [0, 0.1) is 0 Å². The number of alkyl halides is 1. The summed E-state index contributed by atoms with van der Waals surface area (Å²) >= 11 is 5.80. The quantitative estimate of drug-likeness (QED) is 0.666. The molecule has 0 amide bonds. The van der Waals surface area contributed by atoms with E-state index in [9.17, 15) is 0 Å². The van der Waals surface area contributed by atoms with Crippen LogP contribution in [0.25, 0.3) is 0 Å². The Balaban J connectivity index is 2.25. The van der Waals surface area contributed by atoms with E-state index in [2.05, 4.69) is 17.1 Å². The molecule has 1 aromatic heterocycles. The molecule has 1 aromatic rings. The molecular formula is C8H11ClN2O. The van der Waals surface area contributed by atoms with Crippen LogP contribution in [0.15, 0.2) is 4.52 Å². The molecule has 1 saturated carbocycles. The molecule has 1 fully saturated rings. The first kappa shape index (κ1) is 8.05. The van der Waals surface area contributed by atoms with Gasteiger partial charge in [-0.25, -0.2) is 0 Å². The van der Waals surface area contributed by atoms with E-state index in [0.717, 1.165) is 18.7 Å². The van der Waals surface area contributed by atoms with Gasteiger partial charge in [-0.1, -0.05) is 12.1 Å². The Kier molecular flexibility index (Phi) is 1.65. The molecule has 1 atom stereocenters. The zero-order valence-electron chi connectivity index (χ0n) is 7.17. The van der Waals surface area contributed by atoms with Crippen LogP contribution >= 0.6 is 11.6 Å². The van der Waals surface area contributed by atoms with Crippen molar-refractivity contribution >= 4 is 11.6 Å². The summed E-state index contributed by atoms with van der Waals surface area (Å²) in [6.45, 7) is 3.97. The summed E-state index contributed by atoms with van der Waals surface area (Å²) in [5, 5.41) is 3.64. The maximum Gasteiger partial charge on any atom is 0.232 e. The molecule has 2 rings (SSSR count). The first-order valence-electron chi connectivity index (χ1n) is 4.10. The Labute approximate surface area is 76.1 Å². The van der Waals surface area contributed by atoms with Crippen molar-refractivity contribution in [3.8, 4) is 0 Å². The largest absolute Gasteiger partial charge is 0.339 e. The van der Waals surface area contributed by atoms with Gasteiger partial charge in [0.25, 0.3) is 0 Å². The second kappa shape index (κ2) is 2.46. The Morgan fingerprint density at radius 1 is 1.58 bits per heavy atom. The number of aromatic nitrogens is 2. The van der Waals surface area contributed by atoms with Crippen LogP contribution in [0.3, 0.4) is 0 Å². The molecule has 0 bridgehead atoms. The van der Waals surface area contributed by atoms with E-state index in [0.29, 0.717) is 5.82 Å². The minimum atomic E-state index is -0.162. The van der Waals surface area contributed by atoms with Crippen molar-refractivity contribution in [2.75, 3.05) is 0 Å². The Morgan fingerprint density at radius 2 is 2.25 bits per heavy atom. The van der Waals surface area contributed by atoms with Gasteiger partial charge in [0, 0.05) is 5.41 Å². The van der Waals surface area contributed by atoms with Crippen molar-refractivity contribution in [3.05, 3.63) is 11.7 Å². The molecule has 66 valence electrons. The van der Waals surface area contributed by atoms with Gasteiger partial charge in [0.05, 0.1) is 5.38 Å². The van der Waals surface area contributed by atoms with Crippen molar-refractivity contribution < 1.29 is 4.52 Å². The highest BCUT2D eigenvalue weighted by atomic mass is 35.5. The lowest BCUT2D eigenvalue weighted by atomic mass is 10.1. The smallest absolute Gasteiger partial charge is 0.232 e. The average Bonchev–Trinajstić information content (AvgIpc) is 2.61. The lowest BCUT2D eigenvalue weighted by Gasteiger charge is -1.97. The summed E-state index contributed by atoms with van der Waals surface area (Å²) < 4.78 is 5.11. The van der Waals surface area contributed by atoms with Gasteiger partial charge in [-0.15, -0.1) is 11.6 Å². The monoisotopic (exact) mass is 186 g/mol. The van der Waals surface area contributed by atoms with Gasteiger partial charge in [-0.3, -0.25) is 0 Å². The lowest BCUT2D eigenvalue weighted by molar-refractivity contribution is 0.349. The second-order valence-electron chi connectivity index (χ2n) is 3.63. The fourth-order valence-corrected chi connectivity index (χ4v) is 1.13. The molecule has 1 heterocycles. The third-order valence-electron chi connectivity index (χ3n) is 2.31. The van der Waals surface area contributed by atoms with E-state index in [1.54, 1.807) is 0 Å². The lowest BCUT2D eigenvalue weighted by Crippen LogP contribution is -2.00. The van der Waals surface area contributed by atoms with E-state index >= 15 is 0 Å². The van der Waals surface area contributed by atoms with Crippen molar-refractivity contribution in [2.45, 2.75) is 37.5 Å². The molecule has 0 spiro atoms. The molecule has 1 unspecified atom stereocenters. The highest BCUT2D eigenvalue weighted by molar-refractivity contribution is 6.20. The summed E-state index contributed by atoms with van der Waals surface area (Å²) in [6.07, 6.45) is 2.29. The third-order valence-corrected chi connectivity index (χ3v) is 2.51. The maximum atomic E-state index is 5.80. The van der Waals surface area contributed by atoms with Crippen LogP contribution in [-0.4, -0.2) is 10.1 Å². The molecule has 1 aliphatic rings. The first-order chi connectivity index (χ1) is 5.62. The Hall–Kier alpha value is -0.570. The fraction of sp³-hybridized carbons (Fsp3) is 0.750. The van der Waals surface area contributed by atoms with Crippen LogP contribution in [0.1, 0.15) is 43.8 Å². The summed E-state index contributed by atoms with van der Waals surface area (Å²) in [7, 11) is 0. The summed E-state index contributed by atoms with van der Waals surface area (Å²) in [4.78, 5) is 4.23. The van der Waals surface area contributed by atoms with E-state index < -0.39 is 0 Å². The average molecular weight is 187 g/mol. The third kappa shape index (κ3) is 1.22. The SMILES string of the molecule is CC(Cl)c1noc(C2(C)CC2)n1. The number of hydrogen-bond donors (Lipinski definition) is 0. The minimum absolute atomic E-state index is 0.150. The highest BCUT2D eigenvalue weighted by Crippen LogP contribution is 2.46. The standard InChI is InChI=1S/C8H11ClN2O/c1-5(9)6-10-7(12-11-6)8(2)3-4-8/h5H,3-4H2,1-2H3. The predicted molar refractivity (Wildman–Crippen MR) is 45.2 cm³/mol. The fourth-order valence-electron chi connectivity index (χ4n) is 1.04. The molecule has 0 saturated heterocycles. The van der Waals surface area contributed by atoms with E-state index in [4.69, 9.17) is 16.1 Å². The van der Waals surface area contributed by atoms with Gasteiger partial charge in [-0.2, -0.15) is 4.98 Å². The Bertz CT molecular complexity index is 291. The molecule has 12 heavy (non-hydrogen) atoms. The molecular weight excluding hydrogens is 176 g/mol. The number of halogens is 1. The maximum absolute atomic E-state index is 5.80. The number of rotatable bonds is 2. The van der Waals surface area contributed by atoms with Crippen LogP contribution < -0.4 is 0 Å². The van der Waals surface area contributed by atoms with Crippen LogP contribution in [0.4, 0.5) is 0 Å². The molecule has 0 aromatic carbocycles. The predicted octanol–water partition coefficient (Wildman–Crippen LogP) is 2.42. The molecule has 0 aliphatic heterocycles. The molecule has 1 aliphatic carbocycles. The van der Waals surface area contributed by atoms with Gasteiger partial charge in [0.1, 0.15) is 0 Å². The van der Waals surface area contributed by atoms with Crippen LogP contribution in [0.2, 0.25) is 0 Å².